The number of carbonyl (C=O) groups is 1. The van der Waals surface area contributed by atoms with Crippen LogP contribution in [0, 0.1) is 5.92 Å². The van der Waals surface area contributed by atoms with Gasteiger partial charge >= 0.3 is 5.97 Å². The number of nitrogens with zero attached hydrogens (tertiary/aromatic N) is 2. The van der Waals surface area contributed by atoms with Crippen molar-refractivity contribution in [2.24, 2.45) is 5.92 Å². The predicted molar refractivity (Wildman–Crippen MR) is 72.8 cm³/mol. The summed E-state index contributed by atoms with van der Waals surface area (Å²) in [7, 11) is 0. The van der Waals surface area contributed by atoms with Gasteiger partial charge in [0, 0.05) is 19.3 Å². The Hall–Kier alpha value is -1.33. The fourth-order valence-corrected chi connectivity index (χ4v) is 2.56. The van der Waals surface area contributed by atoms with Gasteiger partial charge in [-0.2, -0.15) is 0 Å². The van der Waals surface area contributed by atoms with Gasteiger partial charge in [-0.3, -0.25) is 0 Å². The van der Waals surface area contributed by atoms with E-state index in [1.54, 1.807) is 0 Å². The van der Waals surface area contributed by atoms with Crippen LogP contribution in [0.25, 0.3) is 0 Å². The van der Waals surface area contributed by atoms with Gasteiger partial charge in [0.15, 0.2) is 0 Å². The highest BCUT2D eigenvalue weighted by molar-refractivity contribution is 6.33. The van der Waals surface area contributed by atoms with Crippen LogP contribution in [-0.2, 0) is 0 Å². The molecular formula is C13H17ClN2O3. The molecule has 2 N–H and O–H groups in total. The molecule has 1 aromatic heterocycles. The maximum atomic E-state index is 11.0. The highest BCUT2D eigenvalue weighted by Gasteiger charge is 2.24. The smallest absolute Gasteiger partial charge is 0.337 e. The number of aromatic nitrogens is 1. The number of carboxylic acid groups (broad SMARTS) is 1. The Labute approximate surface area is 116 Å². The molecule has 2 rings (SSSR count). The van der Waals surface area contributed by atoms with Crippen LogP contribution in [0.3, 0.4) is 0 Å². The van der Waals surface area contributed by atoms with Gasteiger partial charge in [-0.15, -0.1) is 0 Å². The molecule has 5 nitrogen and oxygen atoms in total. The second kappa shape index (κ2) is 5.75. The van der Waals surface area contributed by atoms with Crippen LogP contribution in [0.4, 0.5) is 5.82 Å². The minimum atomic E-state index is -1.05. The monoisotopic (exact) mass is 284 g/mol. The van der Waals surface area contributed by atoms with E-state index in [2.05, 4.69) is 4.98 Å². The number of halogens is 1. The first-order chi connectivity index (χ1) is 8.99. The number of pyridine rings is 1. The van der Waals surface area contributed by atoms with Gasteiger partial charge in [0.1, 0.15) is 5.82 Å². The molecule has 0 aromatic carbocycles. The van der Waals surface area contributed by atoms with Crippen molar-refractivity contribution in [2.45, 2.75) is 25.9 Å². The first-order valence-corrected chi connectivity index (χ1v) is 6.68. The van der Waals surface area contributed by atoms with Gasteiger partial charge in [-0.1, -0.05) is 11.6 Å². The number of rotatable bonds is 3. The predicted octanol–water partition coefficient (Wildman–Crippen LogP) is 2.03. The average molecular weight is 285 g/mol. The van der Waals surface area contributed by atoms with Crippen molar-refractivity contribution in [1.29, 1.82) is 0 Å². The second-order valence-electron chi connectivity index (χ2n) is 4.89. The number of aromatic carboxylic acids is 1. The Bertz CT molecular complexity index is 471. The topological polar surface area (TPSA) is 73.7 Å². The van der Waals surface area contributed by atoms with E-state index in [-0.39, 0.29) is 16.7 Å². The van der Waals surface area contributed by atoms with E-state index in [9.17, 15) is 9.90 Å². The maximum Gasteiger partial charge on any atom is 0.337 e. The number of piperidine rings is 1. The molecule has 1 saturated heterocycles. The molecule has 0 spiro atoms. The third kappa shape index (κ3) is 3.16. The lowest BCUT2D eigenvalue weighted by Crippen LogP contribution is -2.37. The van der Waals surface area contributed by atoms with Gasteiger partial charge in [0.25, 0.3) is 0 Å². The highest BCUT2D eigenvalue weighted by atomic mass is 35.5. The molecule has 1 atom stereocenters. The third-order valence-corrected chi connectivity index (χ3v) is 3.92. The van der Waals surface area contributed by atoms with Crippen LogP contribution in [0.15, 0.2) is 12.3 Å². The number of hydrogen-bond donors (Lipinski definition) is 2. The molecule has 0 bridgehead atoms. The summed E-state index contributed by atoms with van der Waals surface area (Å²) in [5, 5.41) is 18.7. The zero-order valence-electron chi connectivity index (χ0n) is 10.7. The first-order valence-electron chi connectivity index (χ1n) is 6.31. The normalized spacial score (nSPS) is 18.4. The lowest BCUT2D eigenvalue weighted by Gasteiger charge is -2.34. The highest BCUT2D eigenvalue weighted by Crippen LogP contribution is 2.26. The molecular weight excluding hydrogens is 268 g/mol. The molecule has 0 saturated carbocycles. The Morgan fingerprint density at radius 3 is 2.68 bits per heavy atom. The molecule has 0 aliphatic carbocycles. The zero-order valence-corrected chi connectivity index (χ0v) is 11.5. The first kappa shape index (κ1) is 14.1. The fraction of sp³-hybridized carbons (Fsp3) is 0.538. The summed E-state index contributed by atoms with van der Waals surface area (Å²) in [6.45, 7) is 3.34. The lowest BCUT2D eigenvalue weighted by molar-refractivity contribution is 0.0697. The third-order valence-electron chi connectivity index (χ3n) is 3.62. The number of aliphatic hydroxyl groups excluding tert-OH is 1. The molecule has 1 unspecified atom stereocenters. The summed E-state index contributed by atoms with van der Waals surface area (Å²) in [4.78, 5) is 17.2. The molecule has 6 heteroatoms. The molecule has 0 amide bonds. The number of carboxylic acids is 1. The van der Waals surface area contributed by atoms with Crippen LogP contribution in [0.1, 0.15) is 30.1 Å². The van der Waals surface area contributed by atoms with E-state index in [4.69, 9.17) is 16.7 Å². The quantitative estimate of drug-likeness (QED) is 0.888. The van der Waals surface area contributed by atoms with E-state index in [0.29, 0.717) is 11.7 Å². The molecule has 0 radical (unpaired) electrons. The van der Waals surface area contributed by atoms with Crippen LogP contribution >= 0.6 is 11.6 Å². The fourth-order valence-electron chi connectivity index (χ4n) is 2.38. The Morgan fingerprint density at radius 2 is 2.16 bits per heavy atom. The molecule has 104 valence electrons. The van der Waals surface area contributed by atoms with Gasteiger partial charge in [-0.25, -0.2) is 9.78 Å². The minimum Gasteiger partial charge on any atom is -0.478 e. The molecule has 1 fully saturated rings. The largest absolute Gasteiger partial charge is 0.478 e. The SMILES string of the molecule is CC(O)C1CCN(c2cc(C(=O)O)c(Cl)cn2)CC1. The van der Waals surface area contributed by atoms with E-state index in [1.165, 1.54) is 12.3 Å². The van der Waals surface area contributed by atoms with Crippen LogP contribution in [0.2, 0.25) is 5.02 Å². The number of aliphatic hydroxyl groups is 1. The Kier molecular flexibility index (Phi) is 4.27. The van der Waals surface area contributed by atoms with E-state index >= 15 is 0 Å². The summed E-state index contributed by atoms with van der Waals surface area (Å²) in [6, 6.07) is 1.51. The van der Waals surface area contributed by atoms with Gasteiger partial charge < -0.3 is 15.1 Å². The van der Waals surface area contributed by atoms with Crippen molar-refractivity contribution in [3.63, 3.8) is 0 Å². The summed E-state index contributed by atoms with van der Waals surface area (Å²) in [6.07, 6.45) is 2.84. The summed E-state index contributed by atoms with van der Waals surface area (Å²) in [5.41, 5.74) is 0.0734. The number of anilines is 1. The standard InChI is InChI=1S/C13H17ClN2O3/c1-8(17)9-2-4-16(5-3-9)12-6-10(13(18)19)11(14)7-15-12/h6-9,17H,2-5H2,1H3,(H,18,19). The Morgan fingerprint density at radius 1 is 1.53 bits per heavy atom. The van der Waals surface area contributed by atoms with E-state index < -0.39 is 5.97 Å². The molecule has 19 heavy (non-hydrogen) atoms. The zero-order chi connectivity index (χ0) is 14.0. The van der Waals surface area contributed by atoms with Crippen LogP contribution < -0.4 is 4.90 Å². The summed E-state index contributed by atoms with van der Waals surface area (Å²) < 4.78 is 0. The van der Waals surface area contributed by atoms with Gasteiger partial charge in [0.2, 0.25) is 0 Å². The van der Waals surface area contributed by atoms with Gasteiger partial charge in [0.05, 0.1) is 16.7 Å². The minimum absolute atomic E-state index is 0.0734. The molecule has 1 aromatic rings. The van der Waals surface area contributed by atoms with Crippen molar-refractivity contribution < 1.29 is 15.0 Å². The summed E-state index contributed by atoms with van der Waals surface area (Å²) >= 11 is 5.80. The van der Waals surface area contributed by atoms with Crippen molar-refractivity contribution in [3.8, 4) is 0 Å². The summed E-state index contributed by atoms with van der Waals surface area (Å²) in [5.74, 6) is -0.110. The lowest BCUT2D eigenvalue weighted by atomic mass is 9.92. The van der Waals surface area contributed by atoms with Crippen LogP contribution in [0.5, 0.6) is 0 Å². The average Bonchev–Trinajstić information content (AvgIpc) is 2.39. The molecule has 1 aliphatic rings. The van der Waals surface area contributed by atoms with Crippen molar-refractivity contribution >= 4 is 23.4 Å². The molecule has 1 aliphatic heterocycles. The van der Waals surface area contributed by atoms with Crippen molar-refractivity contribution in [3.05, 3.63) is 22.8 Å². The number of hydrogen-bond acceptors (Lipinski definition) is 4. The van der Waals surface area contributed by atoms with E-state index in [0.717, 1.165) is 25.9 Å². The second-order valence-corrected chi connectivity index (χ2v) is 5.30. The molecule has 2 heterocycles. The van der Waals surface area contributed by atoms with Gasteiger partial charge in [-0.05, 0) is 31.7 Å². The van der Waals surface area contributed by atoms with Crippen LogP contribution in [-0.4, -0.2) is 40.4 Å². The van der Waals surface area contributed by atoms with Crippen molar-refractivity contribution in [2.75, 3.05) is 18.0 Å². The van der Waals surface area contributed by atoms with Crippen molar-refractivity contribution in [1.82, 2.24) is 4.98 Å². The maximum absolute atomic E-state index is 11.0. The Balaban J connectivity index is 2.12. The van der Waals surface area contributed by atoms with E-state index in [1.807, 2.05) is 11.8 Å².